The first-order valence-electron chi connectivity index (χ1n) is 6.92. The molecule has 2 rings (SSSR count). The predicted octanol–water partition coefficient (Wildman–Crippen LogP) is 5.70. The summed E-state index contributed by atoms with van der Waals surface area (Å²) in [6, 6.07) is 12.1. The highest BCUT2D eigenvalue weighted by Crippen LogP contribution is 2.32. The van der Waals surface area contributed by atoms with E-state index in [1.165, 1.54) is 0 Å². The lowest BCUT2D eigenvalue weighted by molar-refractivity contribution is 0.469. The van der Waals surface area contributed by atoms with Gasteiger partial charge in [-0.2, -0.15) is 0 Å². The summed E-state index contributed by atoms with van der Waals surface area (Å²) in [5, 5.41) is 4.09. The smallest absolute Gasteiger partial charge is 0.133 e. The fourth-order valence-corrected chi connectivity index (χ4v) is 2.40. The maximum Gasteiger partial charge on any atom is 0.133 e. The molecule has 4 heteroatoms. The van der Waals surface area contributed by atoms with Crippen LogP contribution in [0.1, 0.15) is 25.0 Å². The van der Waals surface area contributed by atoms with Crippen molar-refractivity contribution in [2.75, 3.05) is 0 Å². The molecule has 0 heterocycles. The number of hydrogen-bond donors (Lipinski definition) is 1. The van der Waals surface area contributed by atoms with E-state index in [2.05, 4.69) is 35.1 Å². The first kappa shape index (κ1) is 16.3. The van der Waals surface area contributed by atoms with Gasteiger partial charge in [-0.05, 0) is 42.8 Å². The largest absolute Gasteiger partial charge is 0.457 e. The summed E-state index contributed by atoms with van der Waals surface area (Å²) >= 11 is 9.80. The van der Waals surface area contributed by atoms with Gasteiger partial charge in [-0.25, -0.2) is 0 Å². The van der Waals surface area contributed by atoms with Crippen LogP contribution in [0.2, 0.25) is 5.02 Å². The van der Waals surface area contributed by atoms with Crippen molar-refractivity contribution in [3.05, 3.63) is 57.0 Å². The van der Waals surface area contributed by atoms with Crippen molar-refractivity contribution in [2.24, 2.45) is 0 Å². The van der Waals surface area contributed by atoms with Crippen molar-refractivity contribution in [3.63, 3.8) is 0 Å². The number of ether oxygens (including phenoxy) is 1. The van der Waals surface area contributed by atoms with E-state index in [0.717, 1.165) is 32.1 Å². The minimum Gasteiger partial charge on any atom is -0.457 e. The van der Waals surface area contributed by atoms with E-state index in [-0.39, 0.29) is 0 Å². The van der Waals surface area contributed by atoms with Crippen molar-refractivity contribution in [1.29, 1.82) is 0 Å². The van der Waals surface area contributed by atoms with Crippen LogP contribution in [-0.2, 0) is 6.54 Å². The third-order valence-electron chi connectivity index (χ3n) is 3.12. The Bertz CT molecular complexity index is 628. The lowest BCUT2D eigenvalue weighted by Crippen LogP contribution is -2.22. The van der Waals surface area contributed by atoms with E-state index >= 15 is 0 Å². The molecule has 0 amide bonds. The summed E-state index contributed by atoms with van der Waals surface area (Å²) in [6.45, 7) is 6.93. The van der Waals surface area contributed by atoms with Gasteiger partial charge < -0.3 is 10.1 Å². The number of aryl methyl sites for hydroxylation is 1. The topological polar surface area (TPSA) is 21.3 Å². The maximum absolute atomic E-state index is 6.31. The molecule has 0 aliphatic carbocycles. The van der Waals surface area contributed by atoms with Crippen LogP contribution in [0.4, 0.5) is 0 Å². The molecule has 0 saturated heterocycles. The van der Waals surface area contributed by atoms with E-state index in [1.807, 2.05) is 43.3 Å². The van der Waals surface area contributed by atoms with Gasteiger partial charge in [0.25, 0.3) is 0 Å². The van der Waals surface area contributed by atoms with Crippen LogP contribution >= 0.6 is 27.5 Å². The second-order valence-corrected chi connectivity index (χ2v) is 6.53. The molecule has 0 bridgehead atoms. The monoisotopic (exact) mass is 367 g/mol. The Kier molecular flexibility index (Phi) is 5.68. The summed E-state index contributed by atoms with van der Waals surface area (Å²) in [7, 11) is 0. The highest BCUT2D eigenvalue weighted by molar-refractivity contribution is 9.10. The second-order valence-electron chi connectivity index (χ2n) is 5.27. The van der Waals surface area contributed by atoms with Crippen LogP contribution in [0.3, 0.4) is 0 Å². The Hall–Kier alpha value is -1.03. The summed E-state index contributed by atoms with van der Waals surface area (Å²) in [5.74, 6) is 1.60. The van der Waals surface area contributed by atoms with Crippen molar-refractivity contribution in [3.8, 4) is 11.5 Å². The molecule has 1 N–H and O–H groups in total. The highest BCUT2D eigenvalue weighted by atomic mass is 79.9. The fourth-order valence-electron chi connectivity index (χ4n) is 1.92. The summed E-state index contributed by atoms with van der Waals surface area (Å²) < 4.78 is 7.09. The molecule has 0 aliphatic heterocycles. The van der Waals surface area contributed by atoms with Gasteiger partial charge in [-0.15, -0.1) is 0 Å². The van der Waals surface area contributed by atoms with E-state index in [4.69, 9.17) is 16.3 Å². The zero-order valence-electron chi connectivity index (χ0n) is 12.4. The Morgan fingerprint density at radius 3 is 2.67 bits per heavy atom. The van der Waals surface area contributed by atoms with Crippen LogP contribution in [-0.4, -0.2) is 6.04 Å². The average Bonchev–Trinajstić information content (AvgIpc) is 2.42. The quantitative estimate of drug-likeness (QED) is 0.730. The SMILES string of the molecule is Cc1cc(Oc2cccc(Cl)c2CNC(C)C)ccc1Br. The van der Waals surface area contributed by atoms with E-state index in [1.54, 1.807) is 0 Å². The molecule has 21 heavy (non-hydrogen) atoms. The van der Waals surface area contributed by atoms with Crippen LogP contribution in [0.5, 0.6) is 11.5 Å². The van der Waals surface area contributed by atoms with Crippen LogP contribution in [0, 0.1) is 6.92 Å². The minimum absolute atomic E-state index is 0.393. The summed E-state index contributed by atoms with van der Waals surface area (Å²) in [5.41, 5.74) is 2.12. The molecule has 0 unspecified atom stereocenters. The van der Waals surface area contributed by atoms with Crippen LogP contribution in [0.15, 0.2) is 40.9 Å². The molecule has 0 radical (unpaired) electrons. The van der Waals surface area contributed by atoms with Crippen molar-refractivity contribution >= 4 is 27.5 Å². The molecule has 2 nitrogen and oxygen atoms in total. The molecule has 2 aromatic rings. The molecule has 0 saturated carbocycles. The molecule has 112 valence electrons. The second kappa shape index (κ2) is 7.30. The lowest BCUT2D eigenvalue weighted by Gasteiger charge is -2.15. The zero-order chi connectivity index (χ0) is 15.4. The van der Waals surface area contributed by atoms with E-state index in [9.17, 15) is 0 Å². The zero-order valence-corrected chi connectivity index (χ0v) is 14.8. The standard InChI is InChI=1S/C17H19BrClNO/c1-11(2)20-10-14-16(19)5-4-6-17(14)21-13-7-8-15(18)12(3)9-13/h4-9,11,20H,10H2,1-3H3. The maximum atomic E-state index is 6.31. The predicted molar refractivity (Wildman–Crippen MR) is 92.4 cm³/mol. The van der Waals surface area contributed by atoms with Crippen LogP contribution < -0.4 is 10.1 Å². The Labute approximate surface area is 139 Å². The van der Waals surface area contributed by atoms with Gasteiger partial charge in [-0.1, -0.05) is 47.4 Å². The van der Waals surface area contributed by atoms with E-state index < -0.39 is 0 Å². The Morgan fingerprint density at radius 2 is 2.00 bits per heavy atom. The van der Waals surface area contributed by atoms with Crippen molar-refractivity contribution in [1.82, 2.24) is 5.32 Å². The van der Waals surface area contributed by atoms with Gasteiger partial charge in [0, 0.05) is 27.6 Å². The average molecular weight is 369 g/mol. The van der Waals surface area contributed by atoms with Crippen molar-refractivity contribution in [2.45, 2.75) is 33.4 Å². The number of benzene rings is 2. The third-order valence-corrected chi connectivity index (χ3v) is 4.36. The molecule has 0 fully saturated rings. The number of hydrogen-bond acceptors (Lipinski definition) is 2. The first-order valence-corrected chi connectivity index (χ1v) is 8.09. The number of halogens is 2. The number of nitrogens with one attached hydrogen (secondary N) is 1. The summed E-state index contributed by atoms with van der Waals surface area (Å²) in [6.07, 6.45) is 0. The lowest BCUT2D eigenvalue weighted by atomic mass is 10.2. The van der Waals surface area contributed by atoms with Crippen LogP contribution in [0.25, 0.3) is 0 Å². The van der Waals surface area contributed by atoms with E-state index in [0.29, 0.717) is 12.6 Å². The van der Waals surface area contributed by atoms with Gasteiger partial charge in [-0.3, -0.25) is 0 Å². The molecule has 0 aliphatic rings. The third kappa shape index (κ3) is 4.47. The number of rotatable bonds is 5. The van der Waals surface area contributed by atoms with Gasteiger partial charge in [0.15, 0.2) is 0 Å². The van der Waals surface area contributed by atoms with Gasteiger partial charge in [0.05, 0.1) is 0 Å². The fraction of sp³-hybridized carbons (Fsp3) is 0.294. The molecule has 0 aromatic heterocycles. The normalized spacial score (nSPS) is 11.0. The first-order chi connectivity index (χ1) is 9.97. The highest BCUT2D eigenvalue weighted by Gasteiger charge is 2.10. The molecular formula is C17H19BrClNO. The molecule has 2 aromatic carbocycles. The molecular weight excluding hydrogens is 350 g/mol. The molecule has 0 spiro atoms. The Balaban J connectivity index is 2.26. The van der Waals surface area contributed by atoms with Gasteiger partial charge in [0.2, 0.25) is 0 Å². The van der Waals surface area contributed by atoms with Gasteiger partial charge >= 0.3 is 0 Å². The van der Waals surface area contributed by atoms with Gasteiger partial charge in [0.1, 0.15) is 11.5 Å². The molecule has 0 atom stereocenters. The minimum atomic E-state index is 0.393. The Morgan fingerprint density at radius 1 is 1.24 bits per heavy atom. The van der Waals surface area contributed by atoms with Crippen molar-refractivity contribution < 1.29 is 4.74 Å². The summed E-state index contributed by atoms with van der Waals surface area (Å²) in [4.78, 5) is 0.